The van der Waals surface area contributed by atoms with Crippen molar-refractivity contribution in [2.45, 2.75) is 181 Å². The summed E-state index contributed by atoms with van der Waals surface area (Å²) >= 11 is 0. The second-order valence-electron chi connectivity index (χ2n) is 12.5. The predicted molar refractivity (Wildman–Crippen MR) is 171 cm³/mol. The average Bonchev–Trinajstić information content (AvgIpc) is 2.93. The number of nitrogens with zero attached hydrogens (tertiary/aromatic N) is 1. The number of hydrogen-bond acceptors (Lipinski definition) is 5. The van der Waals surface area contributed by atoms with Crippen LogP contribution in [0.2, 0.25) is 0 Å². The van der Waals surface area contributed by atoms with E-state index in [0.717, 1.165) is 45.1 Å². The van der Waals surface area contributed by atoms with Crippen molar-refractivity contribution < 1.29 is 19.1 Å². The number of hydrogen-bond donors (Lipinski definition) is 0. The minimum Gasteiger partial charge on any atom is -0.462 e. The van der Waals surface area contributed by atoms with E-state index >= 15 is 0 Å². The Morgan fingerprint density at radius 3 is 1.48 bits per heavy atom. The van der Waals surface area contributed by atoms with Gasteiger partial charge in [0.2, 0.25) is 0 Å². The molecule has 0 aromatic carbocycles. The molecule has 0 fully saturated rings. The van der Waals surface area contributed by atoms with E-state index < -0.39 is 0 Å². The molecule has 0 N–H and O–H groups in total. The zero-order valence-electron chi connectivity index (χ0n) is 27.6. The molecule has 40 heavy (non-hydrogen) atoms. The van der Waals surface area contributed by atoms with Crippen molar-refractivity contribution in [2.24, 2.45) is 5.92 Å². The molecule has 0 rings (SSSR count). The van der Waals surface area contributed by atoms with Gasteiger partial charge in [-0.3, -0.25) is 9.59 Å². The van der Waals surface area contributed by atoms with Crippen LogP contribution in [0.1, 0.15) is 175 Å². The Labute approximate surface area is 249 Å². The largest absolute Gasteiger partial charge is 0.462 e. The maximum Gasteiger partial charge on any atom is 0.308 e. The van der Waals surface area contributed by atoms with Gasteiger partial charge in [-0.25, -0.2) is 0 Å². The van der Waals surface area contributed by atoms with E-state index in [1.165, 1.54) is 109 Å². The minimum atomic E-state index is -0.324. The summed E-state index contributed by atoms with van der Waals surface area (Å²) in [6.07, 6.45) is 28.3. The molecule has 238 valence electrons. The second-order valence-corrected chi connectivity index (χ2v) is 12.5. The number of carbonyl (C=O) groups excluding carboxylic acids is 2. The van der Waals surface area contributed by atoms with Gasteiger partial charge in [0.05, 0.1) is 5.92 Å². The molecule has 0 aromatic heterocycles. The summed E-state index contributed by atoms with van der Waals surface area (Å²) in [6.45, 7) is 7.55. The molecule has 0 heterocycles. The Balaban J connectivity index is 4.17. The van der Waals surface area contributed by atoms with E-state index in [4.69, 9.17) is 9.47 Å². The molecule has 0 radical (unpaired) electrons. The first-order chi connectivity index (χ1) is 19.4. The Kier molecular flexibility index (Phi) is 28.6. The highest BCUT2D eigenvalue weighted by atomic mass is 16.6. The molecule has 5 nitrogen and oxygen atoms in total. The monoisotopic (exact) mass is 568 g/mol. The third-order valence-electron chi connectivity index (χ3n) is 7.97. The van der Waals surface area contributed by atoms with Gasteiger partial charge in [0.15, 0.2) is 0 Å². The zero-order chi connectivity index (χ0) is 29.7. The van der Waals surface area contributed by atoms with E-state index in [9.17, 15) is 9.59 Å². The lowest BCUT2D eigenvalue weighted by Crippen LogP contribution is -2.27. The van der Waals surface area contributed by atoms with Crippen LogP contribution in [0, 0.1) is 5.92 Å². The summed E-state index contributed by atoms with van der Waals surface area (Å²) in [5.41, 5.74) is 0. The first kappa shape index (κ1) is 38.9. The second kappa shape index (κ2) is 29.4. The smallest absolute Gasteiger partial charge is 0.308 e. The van der Waals surface area contributed by atoms with Crippen LogP contribution >= 0.6 is 0 Å². The molecule has 2 unspecified atom stereocenters. The normalized spacial score (nSPS) is 12.9. The summed E-state index contributed by atoms with van der Waals surface area (Å²) in [4.78, 5) is 27.1. The van der Waals surface area contributed by atoms with Gasteiger partial charge in [-0.2, -0.15) is 0 Å². The summed E-state index contributed by atoms with van der Waals surface area (Å²) in [6, 6.07) is 0. The first-order valence-electron chi connectivity index (χ1n) is 17.4. The number of carbonyl (C=O) groups is 2. The Bertz CT molecular complexity index is 566. The van der Waals surface area contributed by atoms with Gasteiger partial charge in [0.25, 0.3) is 0 Å². The van der Waals surface area contributed by atoms with Gasteiger partial charge in [-0.05, 0) is 46.3 Å². The van der Waals surface area contributed by atoms with E-state index in [-0.39, 0.29) is 30.6 Å². The summed E-state index contributed by atoms with van der Waals surface area (Å²) < 4.78 is 11.4. The van der Waals surface area contributed by atoms with Crippen molar-refractivity contribution in [1.29, 1.82) is 0 Å². The van der Waals surface area contributed by atoms with Crippen LogP contribution in [0.4, 0.5) is 0 Å². The van der Waals surface area contributed by atoms with Crippen molar-refractivity contribution in [3.05, 3.63) is 0 Å². The van der Waals surface area contributed by atoms with Crippen LogP contribution in [0.25, 0.3) is 0 Å². The van der Waals surface area contributed by atoms with Crippen LogP contribution in [0.3, 0.4) is 0 Å². The number of esters is 2. The van der Waals surface area contributed by atoms with Gasteiger partial charge >= 0.3 is 11.9 Å². The van der Waals surface area contributed by atoms with Crippen LogP contribution in [-0.4, -0.2) is 50.2 Å². The molecule has 0 aliphatic rings. The fraction of sp³-hybridized carbons (Fsp3) is 0.943. The minimum absolute atomic E-state index is 0.0947. The van der Waals surface area contributed by atoms with Crippen molar-refractivity contribution in [3.8, 4) is 0 Å². The molecule has 0 aromatic rings. The Morgan fingerprint density at radius 1 is 0.600 bits per heavy atom. The Morgan fingerprint density at radius 2 is 1.02 bits per heavy atom. The third-order valence-corrected chi connectivity index (χ3v) is 7.97. The van der Waals surface area contributed by atoms with Crippen LogP contribution in [0.15, 0.2) is 0 Å². The van der Waals surface area contributed by atoms with Crippen LogP contribution in [-0.2, 0) is 19.1 Å². The molecule has 0 bridgehead atoms. The lowest BCUT2D eigenvalue weighted by Gasteiger charge is -2.20. The molecular formula is C35H69NO4. The first-order valence-corrected chi connectivity index (χ1v) is 17.4. The highest BCUT2D eigenvalue weighted by Crippen LogP contribution is 2.17. The van der Waals surface area contributed by atoms with Crippen LogP contribution < -0.4 is 0 Å². The fourth-order valence-corrected chi connectivity index (χ4v) is 5.19. The molecule has 0 aliphatic carbocycles. The van der Waals surface area contributed by atoms with Crippen molar-refractivity contribution in [3.63, 3.8) is 0 Å². The van der Waals surface area contributed by atoms with Gasteiger partial charge in [0.1, 0.15) is 12.7 Å². The van der Waals surface area contributed by atoms with Crippen LogP contribution in [0.5, 0.6) is 0 Å². The summed E-state index contributed by atoms with van der Waals surface area (Å²) in [5, 5.41) is 0. The van der Waals surface area contributed by atoms with E-state index in [1.807, 2.05) is 21.0 Å². The van der Waals surface area contributed by atoms with E-state index in [2.05, 4.69) is 18.7 Å². The van der Waals surface area contributed by atoms with Crippen molar-refractivity contribution in [2.75, 3.05) is 27.2 Å². The predicted octanol–water partition coefficient (Wildman–Crippen LogP) is 10.0. The molecule has 0 amide bonds. The van der Waals surface area contributed by atoms with Gasteiger partial charge in [-0.1, -0.05) is 143 Å². The molecular weight excluding hydrogens is 498 g/mol. The van der Waals surface area contributed by atoms with Gasteiger partial charge < -0.3 is 14.4 Å². The third kappa shape index (κ3) is 27.1. The van der Waals surface area contributed by atoms with Gasteiger partial charge in [-0.15, -0.1) is 0 Å². The topological polar surface area (TPSA) is 55.8 Å². The number of ether oxygens (including phenoxy) is 2. The Hall–Kier alpha value is -1.10. The lowest BCUT2D eigenvalue weighted by molar-refractivity contribution is -0.161. The molecule has 0 aliphatic heterocycles. The maximum absolute atomic E-state index is 12.6. The van der Waals surface area contributed by atoms with E-state index in [1.54, 1.807) is 0 Å². The standard InChI is InChI=1S/C35H69NO4/c1-6-8-10-12-14-16-17-18-19-20-22-24-27-32(3)35(38)39-31-33(40-34(37)29-26-30-36(4)5)28-25-23-21-15-13-11-9-7-2/h32-33H,6-31H2,1-5H3. The SMILES string of the molecule is CCCCCCCCCCCCCCC(C)C(=O)OCC(CCCCCCCCCC)OC(=O)CCCN(C)C. The molecule has 2 atom stereocenters. The van der Waals surface area contributed by atoms with E-state index in [0.29, 0.717) is 6.42 Å². The van der Waals surface area contributed by atoms with Crippen molar-refractivity contribution in [1.82, 2.24) is 4.90 Å². The molecule has 0 spiro atoms. The average molecular weight is 568 g/mol. The summed E-state index contributed by atoms with van der Waals surface area (Å²) in [5.74, 6) is -0.414. The molecule has 5 heteroatoms. The summed E-state index contributed by atoms with van der Waals surface area (Å²) in [7, 11) is 4.02. The van der Waals surface area contributed by atoms with Gasteiger partial charge in [0, 0.05) is 6.42 Å². The number of rotatable bonds is 30. The number of unbranched alkanes of at least 4 members (excludes halogenated alkanes) is 18. The highest BCUT2D eigenvalue weighted by molar-refractivity contribution is 5.72. The molecule has 0 saturated heterocycles. The fourth-order valence-electron chi connectivity index (χ4n) is 5.19. The molecule has 0 saturated carbocycles. The quantitative estimate of drug-likeness (QED) is 0.0638. The maximum atomic E-state index is 12.6. The van der Waals surface area contributed by atoms with Crippen molar-refractivity contribution >= 4 is 11.9 Å². The highest BCUT2D eigenvalue weighted by Gasteiger charge is 2.20. The zero-order valence-corrected chi connectivity index (χ0v) is 27.6. The lowest BCUT2D eigenvalue weighted by atomic mass is 10.0.